The van der Waals surface area contributed by atoms with E-state index in [2.05, 4.69) is 10.5 Å². The van der Waals surface area contributed by atoms with Gasteiger partial charge in [-0.2, -0.15) is 10.4 Å². The molecule has 0 radical (unpaired) electrons. The molecule has 0 unspecified atom stereocenters. The van der Waals surface area contributed by atoms with Crippen LogP contribution in [0.2, 0.25) is 0 Å². The van der Waals surface area contributed by atoms with Gasteiger partial charge < -0.3 is 4.74 Å². The van der Waals surface area contributed by atoms with Crippen LogP contribution in [0.5, 0.6) is 5.75 Å². The third-order valence-corrected chi connectivity index (χ3v) is 3.79. The molecular weight excluding hydrogens is 338 g/mol. The summed E-state index contributed by atoms with van der Waals surface area (Å²) >= 11 is 0. The summed E-state index contributed by atoms with van der Waals surface area (Å²) < 4.78 is 5.35. The van der Waals surface area contributed by atoms with Crippen molar-refractivity contribution < 1.29 is 9.53 Å². The number of hydrogen-bond donors (Lipinski definition) is 1. The van der Waals surface area contributed by atoms with Crippen molar-refractivity contribution in [3.05, 3.63) is 90.0 Å². The number of benzene rings is 3. The molecule has 0 atom stereocenters. The maximum Gasteiger partial charge on any atom is 0.277 e. The second-order valence-corrected chi connectivity index (χ2v) is 5.68. The molecule has 0 saturated heterocycles. The van der Waals surface area contributed by atoms with Gasteiger partial charge in [-0.25, -0.2) is 5.43 Å². The summed E-state index contributed by atoms with van der Waals surface area (Å²) in [5.41, 5.74) is 5.91. The van der Waals surface area contributed by atoms with E-state index in [9.17, 15) is 4.79 Å². The number of nitrogens with zero attached hydrogens (tertiary/aromatic N) is 2. The Morgan fingerprint density at radius 1 is 0.963 bits per heavy atom. The Bertz CT molecular complexity index is 974. The Balaban J connectivity index is 1.51. The van der Waals surface area contributed by atoms with Gasteiger partial charge in [-0.3, -0.25) is 4.79 Å². The van der Waals surface area contributed by atoms with Crippen LogP contribution in [0.1, 0.15) is 11.1 Å². The van der Waals surface area contributed by atoms with Crippen molar-refractivity contribution in [2.24, 2.45) is 5.10 Å². The Hall–Kier alpha value is -3.91. The van der Waals surface area contributed by atoms with Crippen molar-refractivity contribution in [1.29, 1.82) is 5.26 Å². The van der Waals surface area contributed by atoms with Gasteiger partial charge in [0.2, 0.25) is 0 Å². The molecule has 0 aliphatic carbocycles. The number of para-hydroxylation sites is 1. The van der Waals surface area contributed by atoms with E-state index in [4.69, 9.17) is 10.00 Å². The summed E-state index contributed by atoms with van der Waals surface area (Å²) in [6, 6.07) is 26.7. The number of rotatable bonds is 6. The Labute approximate surface area is 157 Å². The number of hydrazone groups is 1. The lowest BCUT2D eigenvalue weighted by molar-refractivity contribution is -0.123. The van der Waals surface area contributed by atoms with Gasteiger partial charge in [0.15, 0.2) is 6.61 Å². The molecular formula is C22H17N3O2. The van der Waals surface area contributed by atoms with Gasteiger partial charge in [0.1, 0.15) is 11.8 Å². The SMILES string of the molecule is N#Cc1ccccc1OCC(=O)N/N=C\c1ccc(-c2ccccc2)cc1. The van der Waals surface area contributed by atoms with Crippen LogP contribution in [0.15, 0.2) is 84.0 Å². The molecule has 0 fully saturated rings. The Morgan fingerprint density at radius 2 is 1.63 bits per heavy atom. The normalized spacial score (nSPS) is 10.3. The number of nitriles is 1. The highest BCUT2D eigenvalue weighted by molar-refractivity contribution is 5.83. The third kappa shape index (κ3) is 5.03. The molecule has 0 aliphatic rings. The minimum absolute atomic E-state index is 0.219. The van der Waals surface area contributed by atoms with E-state index >= 15 is 0 Å². The molecule has 132 valence electrons. The first kappa shape index (κ1) is 17.9. The number of ether oxygens (including phenoxy) is 1. The van der Waals surface area contributed by atoms with Crippen LogP contribution in [-0.4, -0.2) is 18.7 Å². The fourth-order valence-corrected chi connectivity index (χ4v) is 2.43. The zero-order chi connectivity index (χ0) is 18.9. The number of carbonyl (C=O) groups is 1. The highest BCUT2D eigenvalue weighted by Gasteiger charge is 2.05. The fraction of sp³-hybridized carbons (Fsp3) is 0.0455. The van der Waals surface area contributed by atoms with Gasteiger partial charge in [0, 0.05) is 0 Å². The smallest absolute Gasteiger partial charge is 0.277 e. The van der Waals surface area contributed by atoms with Gasteiger partial charge in [-0.1, -0.05) is 66.7 Å². The maximum absolute atomic E-state index is 11.8. The molecule has 1 N–H and O–H groups in total. The van der Waals surface area contributed by atoms with E-state index in [1.807, 2.05) is 60.7 Å². The molecule has 0 spiro atoms. The Morgan fingerprint density at radius 3 is 2.37 bits per heavy atom. The summed E-state index contributed by atoms with van der Waals surface area (Å²) in [6.45, 7) is -0.219. The minimum atomic E-state index is -0.403. The maximum atomic E-state index is 11.8. The van der Waals surface area contributed by atoms with Gasteiger partial charge in [0.05, 0.1) is 11.8 Å². The number of hydrogen-bond acceptors (Lipinski definition) is 4. The monoisotopic (exact) mass is 355 g/mol. The molecule has 5 heteroatoms. The standard InChI is InChI=1S/C22H17N3O2/c23-14-20-8-4-5-9-21(20)27-16-22(26)25-24-15-17-10-12-19(13-11-17)18-6-2-1-3-7-18/h1-13,15H,16H2,(H,25,26)/b24-15-. The number of nitrogens with one attached hydrogen (secondary N) is 1. The highest BCUT2D eigenvalue weighted by Crippen LogP contribution is 2.18. The van der Waals surface area contributed by atoms with Gasteiger partial charge in [-0.15, -0.1) is 0 Å². The van der Waals surface area contributed by atoms with E-state index in [1.54, 1.807) is 30.5 Å². The molecule has 3 aromatic carbocycles. The molecule has 0 aromatic heterocycles. The summed E-state index contributed by atoms with van der Waals surface area (Å²) in [5, 5.41) is 12.9. The van der Waals surface area contributed by atoms with Crippen LogP contribution in [0.4, 0.5) is 0 Å². The predicted molar refractivity (Wildman–Crippen MR) is 104 cm³/mol. The van der Waals surface area contributed by atoms with Crippen LogP contribution in [0.3, 0.4) is 0 Å². The van der Waals surface area contributed by atoms with Crippen molar-refractivity contribution in [2.45, 2.75) is 0 Å². The fourth-order valence-electron chi connectivity index (χ4n) is 2.43. The molecule has 1 amide bonds. The lowest BCUT2D eigenvalue weighted by Crippen LogP contribution is -2.24. The molecule has 0 aliphatic heterocycles. The summed E-state index contributed by atoms with van der Waals surface area (Å²) in [4.78, 5) is 11.8. The average Bonchev–Trinajstić information content (AvgIpc) is 2.73. The molecule has 0 bridgehead atoms. The Kier molecular flexibility index (Phi) is 5.95. The van der Waals surface area contributed by atoms with Crippen molar-refractivity contribution in [3.8, 4) is 22.9 Å². The van der Waals surface area contributed by atoms with E-state index in [0.29, 0.717) is 11.3 Å². The first-order valence-corrected chi connectivity index (χ1v) is 8.35. The molecule has 0 saturated carbocycles. The highest BCUT2D eigenvalue weighted by atomic mass is 16.5. The molecule has 0 heterocycles. The van der Waals surface area contributed by atoms with Crippen LogP contribution in [-0.2, 0) is 4.79 Å². The van der Waals surface area contributed by atoms with Gasteiger partial charge in [0.25, 0.3) is 5.91 Å². The van der Waals surface area contributed by atoms with Gasteiger partial charge in [-0.05, 0) is 28.8 Å². The predicted octanol–water partition coefficient (Wildman–Crippen LogP) is 3.75. The quantitative estimate of drug-likeness (QED) is 0.540. The third-order valence-electron chi connectivity index (χ3n) is 3.79. The second kappa shape index (κ2) is 8.97. The van der Waals surface area contributed by atoms with Crippen molar-refractivity contribution in [1.82, 2.24) is 5.43 Å². The minimum Gasteiger partial charge on any atom is -0.482 e. The second-order valence-electron chi connectivity index (χ2n) is 5.68. The zero-order valence-corrected chi connectivity index (χ0v) is 14.5. The van der Waals surface area contributed by atoms with Crippen molar-refractivity contribution >= 4 is 12.1 Å². The molecule has 27 heavy (non-hydrogen) atoms. The summed E-state index contributed by atoms with van der Waals surface area (Å²) in [6.07, 6.45) is 1.57. The average molecular weight is 355 g/mol. The van der Waals surface area contributed by atoms with E-state index in [-0.39, 0.29) is 6.61 Å². The zero-order valence-electron chi connectivity index (χ0n) is 14.5. The van der Waals surface area contributed by atoms with Crippen molar-refractivity contribution in [3.63, 3.8) is 0 Å². The van der Waals surface area contributed by atoms with E-state index in [0.717, 1.165) is 16.7 Å². The van der Waals surface area contributed by atoms with Crippen LogP contribution < -0.4 is 10.2 Å². The first-order chi connectivity index (χ1) is 13.3. The molecule has 5 nitrogen and oxygen atoms in total. The van der Waals surface area contributed by atoms with Crippen LogP contribution >= 0.6 is 0 Å². The topological polar surface area (TPSA) is 74.5 Å². The first-order valence-electron chi connectivity index (χ1n) is 8.35. The lowest BCUT2D eigenvalue weighted by atomic mass is 10.0. The molecule has 3 aromatic rings. The van der Waals surface area contributed by atoms with E-state index in [1.165, 1.54) is 0 Å². The molecule has 3 rings (SSSR count). The number of amides is 1. The van der Waals surface area contributed by atoms with Gasteiger partial charge >= 0.3 is 0 Å². The summed E-state index contributed by atoms with van der Waals surface area (Å²) in [5.74, 6) is -0.0319. The largest absolute Gasteiger partial charge is 0.482 e. The van der Waals surface area contributed by atoms with Crippen LogP contribution in [0.25, 0.3) is 11.1 Å². The number of carbonyl (C=O) groups excluding carboxylic acids is 1. The summed E-state index contributed by atoms with van der Waals surface area (Å²) in [7, 11) is 0. The lowest BCUT2D eigenvalue weighted by Gasteiger charge is -2.06. The van der Waals surface area contributed by atoms with Crippen LogP contribution in [0, 0.1) is 11.3 Å². The van der Waals surface area contributed by atoms with E-state index < -0.39 is 5.91 Å². The van der Waals surface area contributed by atoms with Crippen molar-refractivity contribution in [2.75, 3.05) is 6.61 Å².